The van der Waals surface area contributed by atoms with Crippen LogP contribution < -0.4 is 0 Å². The summed E-state index contributed by atoms with van der Waals surface area (Å²) in [7, 11) is 0. The van der Waals surface area contributed by atoms with Crippen molar-refractivity contribution in [3.05, 3.63) is 24.3 Å². The van der Waals surface area contributed by atoms with Gasteiger partial charge in [0.25, 0.3) is 5.91 Å². The predicted molar refractivity (Wildman–Crippen MR) is 53.2 cm³/mol. The second-order valence-corrected chi connectivity index (χ2v) is 3.64. The number of hydrogen-bond donors (Lipinski definition) is 1. The minimum absolute atomic E-state index is 0.151. The fourth-order valence-electron chi connectivity index (χ4n) is 1.71. The molecule has 2 rings (SSSR count). The van der Waals surface area contributed by atoms with Crippen molar-refractivity contribution < 1.29 is 9.90 Å². The molecule has 80 valence electrons. The zero-order valence-electron chi connectivity index (χ0n) is 8.33. The van der Waals surface area contributed by atoms with Gasteiger partial charge in [-0.3, -0.25) is 9.78 Å². The first-order chi connectivity index (χ1) is 7.27. The summed E-state index contributed by atoms with van der Waals surface area (Å²) in [6.45, 7) is 1.09. The minimum atomic E-state index is -0.403. The summed E-state index contributed by atoms with van der Waals surface area (Å²) in [5.74, 6) is -0.151. The van der Waals surface area contributed by atoms with Crippen molar-refractivity contribution in [2.24, 2.45) is 0 Å². The molecule has 0 radical (unpaired) electrons. The fraction of sp³-hybridized carbons (Fsp3) is 0.500. The Morgan fingerprint density at radius 3 is 3.07 bits per heavy atom. The van der Waals surface area contributed by atoms with Gasteiger partial charge in [-0.15, -0.1) is 0 Å². The highest BCUT2D eigenvalue weighted by Gasteiger charge is 2.23. The highest BCUT2D eigenvalue weighted by Crippen LogP contribution is 2.11. The van der Waals surface area contributed by atoms with Gasteiger partial charge >= 0.3 is 0 Å². The topological polar surface area (TPSA) is 66.3 Å². The molecule has 5 nitrogen and oxygen atoms in total. The van der Waals surface area contributed by atoms with E-state index in [1.807, 2.05) is 0 Å². The van der Waals surface area contributed by atoms with E-state index in [2.05, 4.69) is 9.97 Å². The molecule has 1 aromatic heterocycles. The highest BCUT2D eigenvalue weighted by atomic mass is 16.3. The van der Waals surface area contributed by atoms with Crippen LogP contribution in [0.15, 0.2) is 18.6 Å². The number of carbonyl (C=O) groups excluding carboxylic acids is 1. The van der Waals surface area contributed by atoms with Crippen LogP contribution in [0.1, 0.15) is 23.3 Å². The van der Waals surface area contributed by atoms with Gasteiger partial charge in [0.1, 0.15) is 5.69 Å². The maximum absolute atomic E-state index is 11.9. The third-order valence-electron chi connectivity index (χ3n) is 2.47. The van der Waals surface area contributed by atoms with Crippen LogP contribution in [0.3, 0.4) is 0 Å². The molecule has 15 heavy (non-hydrogen) atoms. The van der Waals surface area contributed by atoms with E-state index in [4.69, 9.17) is 0 Å². The molecule has 1 unspecified atom stereocenters. The third-order valence-corrected chi connectivity index (χ3v) is 2.47. The van der Waals surface area contributed by atoms with E-state index in [1.165, 1.54) is 18.6 Å². The maximum atomic E-state index is 11.9. The van der Waals surface area contributed by atoms with Gasteiger partial charge < -0.3 is 10.0 Å². The Balaban J connectivity index is 2.08. The van der Waals surface area contributed by atoms with E-state index >= 15 is 0 Å². The summed E-state index contributed by atoms with van der Waals surface area (Å²) in [6, 6.07) is 0. The summed E-state index contributed by atoms with van der Waals surface area (Å²) in [6.07, 6.45) is 5.68. The van der Waals surface area contributed by atoms with Gasteiger partial charge in [-0.25, -0.2) is 4.98 Å². The molecule has 0 spiro atoms. The summed E-state index contributed by atoms with van der Waals surface area (Å²) < 4.78 is 0. The van der Waals surface area contributed by atoms with Crippen molar-refractivity contribution in [3.63, 3.8) is 0 Å². The first kappa shape index (κ1) is 10.0. The van der Waals surface area contributed by atoms with E-state index in [1.54, 1.807) is 4.90 Å². The molecule has 0 aliphatic carbocycles. The van der Waals surface area contributed by atoms with Crippen molar-refractivity contribution in [1.82, 2.24) is 14.9 Å². The predicted octanol–water partition coefficient (Wildman–Crippen LogP) is 0.0735. The maximum Gasteiger partial charge on any atom is 0.274 e. The number of likely N-dealkylation sites (tertiary alicyclic amines) is 1. The van der Waals surface area contributed by atoms with E-state index in [9.17, 15) is 9.90 Å². The third kappa shape index (κ3) is 2.30. The highest BCUT2D eigenvalue weighted by molar-refractivity contribution is 5.92. The van der Waals surface area contributed by atoms with Gasteiger partial charge in [-0.2, -0.15) is 0 Å². The van der Waals surface area contributed by atoms with Crippen molar-refractivity contribution in [1.29, 1.82) is 0 Å². The Morgan fingerprint density at radius 1 is 1.53 bits per heavy atom. The Bertz CT molecular complexity index is 342. The molecule has 1 saturated heterocycles. The molecular weight excluding hydrogens is 194 g/mol. The number of aromatic nitrogens is 2. The number of nitrogens with zero attached hydrogens (tertiary/aromatic N) is 3. The molecule has 5 heteroatoms. The van der Waals surface area contributed by atoms with E-state index in [-0.39, 0.29) is 5.91 Å². The molecular formula is C10H13N3O2. The Labute approximate surface area is 87.8 Å². The summed E-state index contributed by atoms with van der Waals surface area (Å²) in [4.78, 5) is 21.3. The first-order valence-corrected chi connectivity index (χ1v) is 5.01. The Hall–Kier alpha value is -1.49. The normalized spacial score (nSPS) is 21.4. The lowest BCUT2D eigenvalue weighted by atomic mass is 10.1. The average molecular weight is 207 g/mol. The summed E-state index contributed by atoms with van der Waals surface area (Å²) in [5.41, 5.74) is 0.339. The molecule has 0 bridgehead atoms. The number of hydrogen-bond acceptors (Lipinski definition) is 4. The number of aliphatic hydroxyl groups excluding tert-OH is 1. The quantitative estimate of drug-likeness (QED) is 0.708. The molecule has 1 amide bonds. The molecule has 0 saturated carbocycles. The lowest BCUT2D eigenvalue weighted by molar-refractivity contribution is 0.0468. The Kier molecular flexibility index (Phi) is 2.91. The van der Waals surface area contributed by atoms with Gasteiger partial charge in [-0.05, 0) is 12.8 Å². The summed E-state index contributed by atoms with van der Waals surface area (Å²) >= 11 is 0. The van der Waals surface area contributed by atoms with Gasteiger partial charge in [0.15, 0.2) is 0 Å². The van der Waals surface area contributed by atoms with Crippen LogP contribution in [-0.4, -0.2) is 45.1 Å². The van der Waals surface area contributed by atoms with Crippen LogP contribution >= 0.6 is 0 Å². The van der Waals surface area contributed by atoms with Gasteiger partial charge in [-0.1, -0.05) is 0 Å². The van der Waals surface area contributed by atoms with Crippen LogP contribution in [0.5, 0.6) is 0 Å². The zero-order chi connectivity index (χ0) is 10.7. The van der Waals surface area contributed by atoms with Crippen molar-refractivity contribution in [2.75, 3.05) is 13.1 Å². The smallest absolute Gasteiger partial charge is 0.274 e. The lowest BCUT2D eigenvalue weighted by Crippen LogP contribution is -2.42. The zero-order valence-corrected chi connectivity index (χ0v) is 8.33. The lowest BCUT2D eigenvalue weighted by Gasteiger charge is -2.29. The number of β-amino-alcohol motifs (C(OH)–C–C–N with tert-alkyl or cyclic N) is 1. The number of piperidine rings is 1. The van der Waals surface area contributed by atoms with Crippen molar-refractivity contribution in [3.8, 4) is 0 Å². The van der Waals surface area contributed by atoms with E-state index < -0.39 is 6.10 Å². The second kappa shape index (κ2) is 4.35. The molecule has 1 N–H and O–H groups in total. The van der Waals surface area contributed by atoms with E-state index in [0.717, 1.165) is 12.8 Å². The van der Waals surface area contributed by atoms with Crippen LogP contribution in [0.4, 0.5) is 0 Å². The molecule has 1 aliphatic rings. The monoisotopic (exact) mass is 207 g/mol. The molecule has 0 aromatic carbocycles. The van der Waals surface area contributed by atoms with Gasteiger partial charge in [0.2, 0.25) is 0 Å². The van der Waals surface area contributed by atoms with E-state index in [0.29, 0.717) is 18.8 Å². The van der Waals surface area contributed by atoms with Gasteiger partial charge in [0, 0.05) is 25.5 Å². The molecule has 1 atom stereocenters. The Morgan fingerprint density at radius 2 is 2.40 bits per heavy atom. The standard InChI is InChI=1S/C10H13N3O2/c14-8-2-1-5-13(7-8)10(15)9-6-11-3-4-12-9/h3-4,6,8,14H,1-2,5,7H2. The largest absolute Gasteiger partial charge is 0.391 e. The molecule has 2 heterocycles. The molecule has 1 aromatic rings. The molecule has 1 aliphatic heterocycles. The van der Waals surface area contributed by atoms with Crippen molar-refractivity contribution in [2.45, 2.75) is 18.9 Å². The first-order valence-electron chi connectivity index (χ1n) is 5.01. The minimum Gasteiger partial charge on any atom is -0.391 e. The van der Waals surface area contributed by atoms with Crippen LogP contribution in [0.2, 0.25) is 0 Å². The van der Waals surface area contributed by atoms with Gasteiger partial charge in [0.05, 0.1) is 12.3 Å². The van der Waals surface area contributed by atoms with Crippen LogP contribution in [-0.2, 0) is 0 Å². The summed E-state index contributed by atoms with van der Waals surface area (Å²) in [5, 5.41) is 9.45. The number of aliphatic hydroxyl groups is 1. The average Bonchev–Trinajstić information content (AvgIpc) is 2.29. The number of amides is 1. The SMILES string of the molecule is O=C(c1cnccn1)N1CCCC(O)C1. The van der Waals surface area contributed by atoms with Crippen molar-refractivity contribution >= 4 is 5.91 Å². The van der Waals surface area contributed by atoms with Crippen LogP contribution in [0, 0.1) is 0 Å². The molecule has 1 fully saturated rings. The van der Waals surface area contributed by atoms with Crippen LogP contribution in [0.25, 0.3) is 0 Å². The second-order valence-electron chi connectivity index (χ2n) is 3.64. The number of carbonyl (C=O) groups is 1. The number of rotatable bonds is 1. The fourth-order valence-corrected chi connectivity index (χ4v) is 1.71.